The normalized spacial score (nSPS) is 14.3. The van der Waals surface area contributed by atoms with Crippen LogP contribution in [0.5, 0.6) is 5.75 Å². The van der Waals surface area contributed by atoms with Crippen LogP contribution < -0.4 is 15.0 Å². The zero-order chi connectivity index (χ0) is 19.9. The minimum Gasteiger partial charge on any atom is -0.497 e. The minimum atomic E-state index is -0.0596. The van der Waals surface area contributed by atoms with Gasteiger partial charge in [-0.1, -0.05) is 13.8 Å². The Balaban J connectivity index is 1.51. The summed E-state index contributed by atoms with van der Waals surface area (Å²) in [6, 6.07) is 8.01. The van der Waals surface area contributed by atoms with E-state index in [9.17, 15) is 4.79 Å². The number of hydrogen-bond donors (Lipinski definition) is 1. The first kappa shape index (κ1) is 19.9. The lowest BCUT2D eigenvalue weighted by atomic mass is 10.1. The molecule has 1 aromatic heterocycles. The lowest BCUT2D eigenvalue weighted by Crippen LogP contribution is -2.49. The smallest absolute Gasteiger partial charge is 0.274 e. The Morgan fingerprint density at radius 2 is 1.82 bits per heavy atom. The Hall–Kier alpha value is -2.83. The number of piperazine rings is 1. The highest BCUT2D eigenvalue weighted by Gasteiger charge is 2.23. The van der Waals surface area contributed by atoms with E-state index in [1.165, 1.54) is 0 Å². The van der Waals surface area contributed by atoms with Crippen molar-refractivity contribution in [3.63, 3.8) is 0 Å². The van der Waals surface area contributed by atoms with E-state index in [1.54, 1.807) is 19.5 Å². The SMILES string of the molecule is COc1ccc(N2CCN(C(=O)c3cnc(NCCC(C)C)cn3)CC2)cc1. The molecule has 1 fully saturated rings. The highest BCUT2D eigenvalue weighted by atomic mass is 16.5. The van der Waals surface area contributed by atoms with E-state index >= 15 is 0 Å². The lowest BCUT2D eigenvalue weighted by Gasteiger charge is -2.36. The summed E-state index contributed by atoms with van der Waals surface area (Å²) >= 11 is 0. The predicted molar refractivity (Wildman–Crippen MR) is 111 cm³/mol. The fourth-order valence-corrected chi connectivity index (χ4v) is 3.14. The van der Waals surface area contributed by atoms with Crippen LogP contribution in [0, 0.1) is 5.92 Å². The third-order valence-corrected chi connectivity index (χ3v) is 4.90. The van der Waals surface area contributed by atoms with Crippen molar-refractivity contribution in [2.75, 3.05) is 50.1 Å². The van der Waals surface area contributed by atoms with Gasteiger partial charge in [-0.05, 0) is 36.6 Å². The van der Waals surface area contributed by atoms with Gasteiger partial charge in [0.25, 0.3) is 5.91 Å². The van der Waals surface area contributed by atoms with E-state index in [1.807, 2.05) is 29.2 Å². The molecule has 150 valence electrons. The largest absolute Gasteiger partial charge is 0.497 e. The van der Waals surface area contributed by atoms with E-state index < -0.39 is 0 Å². The Labute approximate surface area is 166 Å². The molecule has 0 radical (unpaired) electrons. The number of anilines is 2. The maximum Gasteiger partial charge on any atom is 0.274 e. The summed E-state index contributed by atoms with van der Waals surface area (Å²) in [6.45, 7) is 8.14. The Kier molecular flexibility index (Phi) is 6.68. The monoisotopic (exact) mass is 383 g/mol. The van der Waals surface area contributed by atoms with Crippen LogP contribution in [-0.4, -0.2) is 60.6 Å². The van der Waals surface area contributed by atoms with Crippen LogP contribution >= 0.6 is 0 Å². The number of rotatable bonds is 7. The van der Waals surface area contributed by atoms with E-state index in [-0.39, 0.29) is 5.91 Å². The number of benzene rings is 1. The molecule has 0 spiro atoms. The van der Waals surface area contributed by atoms with E-state index in [2.05, 4.69) is 34.0 Å². The molecule has 0 atom stereocenters. The zero-order valence-corrected chi connectivity index (χ0v) is 16.9. The van der Waals surface area contributed by atoms with Crippen LogP contribution in [0.3, 0.4) is 0 Å². The van der Waals surface area contributed by atoms with Gasteiger partial charge in [-0.25, -0.2) is 9.97 Å². The molecule has 1 N–H and O–H groups in total. The van der Waals surface area contributed by atoms with Crippen molar-refractivity contribution in [3.8, 4) is 5.75 Å². The number of carbonyl (C=O) groups is 1. The van der Waals surface area contributed by atoms with Gasteiger partial charge in [0.1, 0.15) is 17.3 Å². The molecule has 7 nitrogen and oxygen atoms in total. The van der Waals surface area contributed by atoms with Crippen molar-refractivity contribution in [3.05, 3.63) is 42.4 Å². The molecule has 7 heteroatoms. The average molecular weight is 383 g/mol. The van der Waals surface area contributed by atoms with Gasteiger partial charge >= 0.3 is 0 Å². The van der Waals surface area contributed by atoms with Crippen LogP contribution in [0.15, 0.2) is 36.7 Å². The molecule has 0 saturated carbocycles. The lowest BCUT2D eigenvalue weighted by molar-refractivity contribution is 0.0740. The van der Waals surface area contributed by atoms with Gasteiger partial charge in [0, 0.05) is 38.4 Å². The van der Waals surface area contributed by atoms with Crippen LogP contribution in [0.1, 0.15) is 30.8 Å². The van der Waals surface area contributed by atoms with E-state index in [4.69, 9.17) is 4.74 Å². The first-order valence-electron chi connectivity index (χ1n) is 9.81. The topological polar surface area (TPSA) is 70.6 Å². The number of hydrogen-bond acceptors (Lipinski definition) is 6. The molecule has 1 amide bonds. The molecular formula is C21H29N5O2. The third-order valence-electron chi connectivity index (χ3n) is 4.90. The summed E-state index contributed by atoms with van der Waals surface area (Å²) in [5, 5.41) is 3.24. The number of methoxy groups -OCH3 is 1. The zero-order valence-electron chi connectivity index (χ0n) is 16.9. The number of amides is 1. The quantitative estimate of drug-likeness (QED) is 0.793. The predicted octanol–water partition coefficient (Wildman–Crippen LogP) is 2.91. The summed E-state index contributed by atoms with van der Waals surface area (Å²) in [6.07, 6.45) is 4.28. The van der Waals surface area contributed by atoms with Crippen LogP contribution in [0.2, 0.25) is 0 Å². The third kappa shape index (κ3) is 5.12. The summed E-state index contributed by atoms with van der Waals surface area (Å²) < 4.78 is 5.21. The first-order valence-corrected chi connectivity index (χ1v) is 9.81. The second-order valence-electron chi connectivity index (χ2n) is 7.37. The van der Waals surface area contributed by atoms with Gasteiger partial charge in [0.15, 0.2) is 0 Å². The van der Waals surface area contributed by atoms with Crippen molar-refractivity contribution < 1.29 is 9.53 Å². The van der Waals surface area contributed by atoms with Crippen LogP contribution in [-0.2, 0) is 0 Å². The highest BCUT2D eigenvalue weighted by Crippen LogP contribution is 2.21. The molecule has 0 aliphatic carbocycles. The summed E-state index contributed by atoms with van der Waals surface area (Å²) in [5.41, 5.74) is 1.54. The van der Waals surface area contributed by atoms with Gasteiger partial charge in [-0.2, -0.15) is 0 Å². The Morgan fingerprint density at radius 1 is 1.11 bits per heavy atom. The molecule has 0 unspecified atom stereocenters. The summed E-state index contributed by atoms with van der Waals surface area (Å²) in [5.74, 6) is 2.13. The van der Waals surface area contributed by atoms with Gasteiger partial charge in [0.05, 0.1) is 19.5 Å². The molecule has 1 saturated heterocycles. The number of nitrogens with zero attached hydrogens (tertiary/aromatic N) is 4. The van der Waals surface area contributed by atoms with Crippen molar-refractivity contribution in [1.29, 1.82) is 0 Å². The van der Waals surface area contributed by atoms with Gasteiger partial charge in [0.2, 0.25) is 0 Å². The fourth-order valence-electron chi connectivity index (χ4n) is 3.14. The van der Waals surface area contributed by atoms with Crippen molar-refractivity contribution in [2.45, 2.75) is 20.3 Å². The second-order valence-corrected chi connectivity index (χ2v) is 7.37. The van der Waals surface area contributed by atoms with Crippen molar-refractivity contribution in [2.24, 2.45) is 5.92 Å². The number of aromatic nitrogens is 2. The summed E-state index contributed by atoms with van der Waals surface area (Å²) in [4.78, 5) is 25.5. The van der Waals surface area contributed by atoms with Crippen molar-refractivity contribution in [1.82, 2.24) is 14.9 Å². The molecule has 2 aromatic rings. The van der Waals surface area contributed by atoms with Crippen LogP contribution in [0.25, 0.3) is 0 Å². The first-order chi connectivity index (χ1) is 13.6. The molecule has 1 aromatic carbocycles. The Morgan fingerprint density at radius 3 is 2.39 bits per heavy atom. The van der Waals surface area contributed by atoms with Crippen molar-refractivity contribution >= 4 is 17.4 Å². The molecule has 1 aliphatic rings. The highest BCUT2D eigenvalue weighted by molar-refractivity contribution is 5.92. The molecular weight excluding hydrogens is 354 g/mol. The number of ether oxygens (including phenoxy) is 1. The average Bonchev–Trinajstić information content (AvgIpc) is 2.74. The second kappa shape index (κ2) is 9.39. The van der Waals surface area contributed by atoms with Crippen LogP contribution in [0.4, 0.5) is 11.5 Å². The minimum absolute atomic E-state index is 0.0596. The molecule has 1 aliphatic heterocycles. The molecule has 0 bridgehead atoms. The van der Waals surface area contributed by atoms with E-state index in [0.717, 1.165) is 37.5 Å². The van der Waals surface area contributed by atoms with Gasteiger partial charge in [-0.3, -0.25) is 4.79 Å². The summed E-state index contributed by atoms with van der Waals surface area (Å²) in [7, 11) is 1.66. The number of nitrogens with one attached hydrogen (secondary N) is 1. The molecule has 2 heterocycles. The Bertz CT molecular complexity index is 753. The fraction of sp³-hybridized carbons (Fsp3) is 0.476. The molecule has 28 heavy (non-hydrogen) atoms. The van der Waals surface area contributed by atoms with Gasteiger partial charge < -0.3 is 19.9 Å². The standard InChI is InChI=1S/C21H29N5O2/c1-16(2)8-9-22-20-15-23-19(14-24-20)21(27)26-12-10-25(11-13-26)17-4-6-18(28-3)7-5-17/h4-7,14-16H,8-13H2,1-3H3,(H,22,24). The number of carbonyl (C=O) groups excluding carboxylic acids is 1. The van der Waals surface area contributed by atoms with Gasteiger partial charge in [-0.15, -0.1) is 0 Å². The maximum absolute atomic E-state index is 12.7. The molecule has 3 rings (SSSR count). The van der Waals surface area contributed by atoms with E-state index in [0.29, 0.717) is 30.5 Å². The maximum atomic E-state index is 12.7.